The van der Waals surface area contributed by atoms with Gasteiger partial charge in [-0.1, -0.05) is 0 Å². The SMILES string of the molecule is O=c1cc[se]c2c1c(C1CC1)nn2-c1ccccc1. The molecule has 0 unspecified atom stereocenters. The first-order valence-corrected chi connectivity index (χ1v) is 8.25. The zero-order valence-electron chi connectivity index (χ0n) is 10.2. The van der Waals surface area contributed by atoms with Crippen LogP contribution in [0.3, 0.4) is 0 Å². The second kappa shape index (κ2) is 4.19. The number of para-hydroxylation sites is 1. The number of rotatable bonds is 2. The van der Waals surface area contributed by atoms with Crippen LogP contribution < -0.4 is 5.43 Å². The molecule has 0 atom stereocenters. The Balaban J connectivity index is 2.07. The minimum atomic E-state index is 0.132. The van der Waals surface area contributed by atoms with Gasteiger partial charge in [0.2, 0.25) is 0 Å². The van der Waals surface area contributed by atoms with Crippen LogP contribution in [0.4, 0.5) is 0 Å². The molecule has 19 heavy (non-hydrogen) atoms. The molecule has 2 aromatic heterocycles. The van der Waals surface area contributed by atoms with Crippen molar-refractivity contribution in [1.29, 1.82) is 0 Å². The second-order valence-electron chi connectivity index (χ2n) is 4.87. The fourth-order valence-corrected chi connectivity index (χ4v) is 4.26. The fraction of sp³-hybridized carbons (Fsp3) is 0.200. The van der Waals surface area contributed by atoms with E-state index >= 15 is 0 Å². The first kappa shape index (κ1) is 11.2. The third-order valence-electron chi connectivity index (χ3n) is 3.48. The van der Waals surface area contributed by atoms with E-state index in [4.69, 9.17) is 5.10 Å². The Morgan fingerprint density at radius 3 is 2.68 bits per heavy atom. The molecule has 0 bridgehead atoms. The van der Waals surface area contributed by atoms with Crippen LogP contribution in [0, 0.1) is 0 Å². The Morgan fingerprint density at radius 1 is 1.16 bits per heavy atom. The van der Waals surface area contributed by atoms with Crippen LogP contribution >= 0.6 is 0 Å². The van der Waals surface area contributed by atoms with Crippen LogP contribution in [-0.4, -0.2) is 24.3 Å². The third kappa shape index (κ3) is 1.79. The second-order valence-corrected chi connectivity index (χ2v) is 6.75. The van der Waals surface area contributed by atoms with E-state index in [1.54, 1.807) is 6.07 Å². The van der Waals surface area contributed by atoms with Gasteiger partial charge in [0.15, 0.2) is 0 Å². The van der Waals surface area contributed by atoms with E-state index in [0.29, 0.717) is 5.92 Å². The van der Waals surface area contributed by atoms with Crippen molar-refractivity contribution in [2.24, 2.45) is 0 Å². The van der Waals surface area contributed by atoms with E-state index in [-0.39, 0.29) is 19.9 Å². The van der Waals surface area contributed by atoms with Crippen molar-refractivity contribution in [2.75, 3.05) is 0 Å². The number of hydrogen-bond acceptors (Lipinski definition) is 2. The summed E-state index contributed by atoms with van der Waals surface area (Å²) in [6.45, 7) is 0. The van der Waals surface area contributed by atoms with E-state index in [1.807, 2.05) is 40.0 Å². The average Bonchev–Trinajstić information content (AvgIpc) is 3.21. The summed E-state index contributed by atoms with van der Waals surface area (Å²) < 4.78 is 3.08. The molecule has 0 amide bonds. The summed E-state index contributed by atoms with van der Waals surface area (Å²) in [6, 6.07) is 11.8. The Hall–Kier alpha value is -1.64. The van der Waals surface area contributed by atoms with E-state index in [0.717, 1.165) is 21.2 Å². The normalized spacial score (nSPS) is 14.9. The Kier molecular flexibility index (Phi) is 2.47. The molecule has 1 aliphatic carbocycles. The summed E-state index contributed by atoms with van der Waals surface area (Å²) in [6.07, 6.45) is 2.34. The molecular formula is C15H12N2OSe. The van der Waals surface area contributed by atoms with Gasteiger partial charge in [-0.3, -0.25) is 0 Å². The Bertz CT molecular complexity index is 800. The summed E-state index contributed by atoms with van der Waals surface area (Å²) in [5.41, 5.74) is 2.21. The first-order valence-electron chi connectivity index (χ1n) is 6.40. The zero-order valence-corrected chi connectivity index (χ0v) is 12.0. The average molecular weight is 315 g/mol. The van der Waals surface area contributed by atoms with Crippen LogP contribution in [-0.2, 0) is 0 Å². The first-order chi connectivity index (χ1) is 9.34. The molecule has 4 heteroatoms. The molecule has 2 heterocycles. The van der Waals surface area contributed by atoms with Gasteiger partial charge in [0.25, 0.3) is 0 Å². The molecule has 1 saturated carbocycles. The van der Waals surface area contributed by atoms with Crippen molar-refractivity contribution < 1.29 is 0 Å². The monoisotopic (exact) mass is 316 g/mol. The van der Waals surface area contributed by atoms with Gasteiger partial charge in [0, 0.05) is 0 Å². The molecule has 0 radical (unpaired) electrons. The number of fused-ring (bicyclic) bond motifs is 1. The summed E-state index contributed by atoms with van der Waals surface area (Å²) in [5, 5.41) is 5.63. The Labute approximate surface area is 116 Å². The van der Waals surface area contributed by atoms with Gasteiger partial charge < -0.3 is 0 Å². The molecule has 94 valence electrons. The standard InChI is InChI=1S/C15H12N2OSe/c18-12-8-9-19-15-13(12)14(10-6-7-10)16-17(15)11-4-2-1-3-5-11/h1-5,8-10H,6-7H2. The molecule has 1 aliphatic rings. The number of hydrogen-bond donors (Lipinski definition) is 0. The molecule has 1 aromatic carbocycles. The fourth-order valence-electron chi connectivity index (χ4n) is 2.39. The maximum absolute atomic E-state index is 12.2. The van der Waals surface area contributed by atoms with Crippen LogP contribution in [0.2, 0.25) is 0 Å². The quantitative estimate of drug-likeness (QED) is 0.680. The molecule has 0 N–H and O–H groups in total. The van der Waals surface area contributed by atoms with E-state index in [9.17, 15) is 4.79 Å². The van der Waals surface area contributed by atoms with Gasteiger partial charge in [0.05, 0.1) is 0 Å². The topological polar surface area (TPSA) is 34.9 Å². The molecular weight excluding hydrogens is 303 g/mol. The van der Waals surface area contributed by atoms with Gasteiger partial charge in [-0.25, -0.2) is 0 Å². The number of benzene rings is 1. The van der Waals surface area contributed by atoms with Crippen LogP contribution in [0.5, 0.6) is 0 Å². The summed E-state index contributed by atoms with van der Waals surface area (Å²) >= 11 is 0.194. The van der Waals surface area contributed by atoms with Crippen molar-refractivity contribution in [2.45, 2.75) is 18.8 Å². The predicted molar refractivity (Wildman–Crippen MR) is 76.3 cm³/mol. The number of aromatic nitrogens is 2. The molecule has 3 nitrogen and oxygen atoms in total. The van der Waals surface area contributed by atoms with Crippen LogP contribution in [0.15, 0.2) is 46.1 Å². The van der Waals surface area contributed by atoms with Crippen molar-refractivity contribution in [3.63, 3.8) is 0 Å². The number of nitrogens with zero attached hydrogens (tertiary/aromatic N) is 2. The predicted octanol–water partition coefficient (Wildman–Crippen LogP) is 2.32. The van der Waals surface area contributed by atoms with E-state index in [2.05, 4.69) is 0 Å². The molecule has 0 aliphatic heterocycles. The molecule has 0 spiro atoms. The van der Waals surface area contributed by atoms with Crippen LogP contribution in [0.25, 0.3) is 15.5 Å². The zero-order chi connectivity index (χ0) is 12.8. The third-order valence-corrected chi connectivity index (χ3v) is 5.31. The maximum atomic E-state index is 12.2. The molecule has 1 fully saturated rings. The summed E-state index contributed by atoms with van der Waals surface area (Å²) in [7, 11) is 0. The van der Waals surface area contributed by atoms with Gasteiger partial charge >= 0.3 is 116 Å². The Morgan fingerprint density at radius 2 is 1.95 bits per heavy atom. The molecule has 0 saturated heterocycles. The van der Waals surface area contributed by atoms with Gasteiger partial charge in [-0.05, 0) is 0 Å². The summed E-state index contributed by atoms with van der Waals surface area (Å²) in [4.78, 5) is 14.1. The van der Waals surface area contributed by atoms with E-state index in [1.165, 1.54) is 12.8 Å². The molecule has 3 aromatic rings. The molecule has 4 rings (SSSR count). The van der Waals surface area contributed by atoms with Crippen molar-refractivity contribution in [3.8, 4) is 5.69 Å². The minimum absolute atomic E-state index is 0.132. The summed E-state index contributed by atoms with van der Waals surface area (Å²) in [5.74, 6) is 0.505. The van der Waals surface area contributed by atoms with Crippen molar-refractivity contribution >= 4 is 24.3 Å². The van der Waals surface area contributed by atoms with Crippen molar-refractivity contribution in [3.05, 3.63) is 57.3 Å². The van der Waals surface area contributed by atoms with E-state index < -0.39 is 0 Å². The van der Waals surface area contributed by atoms with Gasteiger partial charge in [-0.2, -0.15) is 0 Å². The van der Waals surface area contributed by atoms with Gasteiger partial charge in [-0.15, -0.1) is 0 Å². The van der Waals surface area contributed by atoms with Crippen LogP contribution in [0.1, 0.15) is 24.5 Å². The van der Waals surface area contributed by atoms with Crippen molar-refractivity contribution in [1.82, 2.24) is 9.78 Å². The van der Waals surface area contributed by atoms with Gasteiger partial charge in [0.1, 0.15) is 0 Å².